The van der Waals surface area contributed by atoms with Gasteiger partial charge in [0.2, 0.25) is 0 Å². The first-order valence-electron chi connectivity index (χ1n) is 7.99. The summed E-state index contributed by atoms with van der Waals surface area (Å²) < 4.78 is 22.5. The summed E-state index contributed by atoms with van der Waals surface area (Å²) in [6.45, 7) is 0.534. The second-order valence-corrected chi connectivity index (χ2v) is 9.62. The van der Waals surface area contributed by atoms with Gasteiger partial charge in [0.15, 0.2) is 0 Å². The molecular formula is C19H16BrClNO2P. The maximum atomic E-state index is 13.6. The Morgan fingerprint density at radius 1 is 1.08 bits per heavy atom. The third-order valence-corrected chi connectivity index (χ3v) is 7.77. The van der Waals surface area contributed by atoms with Crippen LogP contribution in [0.15, 0.2) is 65.1 Å². The van der Waals surface area contributed by atoms with Gasteiger partial charge in [0, 0.05) is 21.6 Å². The second kappa shape index (κ2) is 6.68. The lowest BCUT2D eigenvalue weighted by Crippen LogP contribution is -2.28. The molecule has 0 amide bonds. The van der Waals surface area contributed by atoms with Gasteiger partial charge in [0.25, 0.3) is 0 Å². The highest BCUT2D eigenvalue weighted by Gasteiger charge is 2.38. The van der Waals surface area contributed by atoms with Crippen LogP contribution >= 0.6 is 35.1 Å². The molecule has 3 nitrogen and oxygen atoms in total. The van der Waals surface area contributed by atoms with Crippen molar-refractivity contribution in [1.29, 1.82) is 0 Å². The molecule has 1 aliphatic heterocycles. The summed E-state index contributed by atoms with van der Waals surface area (Å²) in [5.41, 5.74) is 1.93. The van der Waals surface area contributed by atoms with Gasteiger partial charge in [0.1, 0.15) is 5.75 Å². The lowest BCUT2D eigenvalue weighted by molar-refractivity contribution is 0.464. The molecule has 6 heteroatoms. The molecule has 1 aliphatic rings. The van der Waals surface area contributed by atoms with Gasteiger partial charge in [-0.3, -0.25) is 9.24 Å². The van der Waals surface area contributed by atoms with Crippen LogP contribution in [0.25, 0.3) is 10.8 Å². The average molecular weight is 437 g/mol. The zero-order valence-corrected chi connectivity index (χ0v) is 16.6. The highest BCUT2D eigenvalue weighted by Crippen LogP contribution is 2.58. The van der Waals surface area contributed by atoms with Crippen LogP contribution in [0.1, 0.15) is 5.56 Å². The molecular weight excluding hydrogens is 421 g/mol. The summed E-state index contributed by atoms with van der Waals surface area (Å²) in [7, 11) is -3.08. The SMILES string of the molecule is O=P1(CCCl)Oc2ccc3ccccc3c2CN1c1ccc(Br)cc1. The van der Waals surface area contributed by atoms with E-state index in [9.17, 15) is 4.57 Å². The van der Waals surface area contributed by atoms with Crippen molar-refractivity contribution >= 4 is 51.5 Å². The number of anilines is 1. The number of rotatable bonds is 3. The number of halogens is 2. The topological polar surface area (TPSA) is 29.5 Å². The van der Waals surface area contributed by atoms with Crippen LogP contribution in [0.5, 0.6) is 5.75 Å². The fourth-order valence-electron chi connectivity index (χ4n) is 3.18. The third kappa shape index (κ3) is 3.08. The van der Waals surface area contributed by atoms with Crippen molar-refractivity contribution in [1.82, 2.24) is 0 Å². The average Bonchev–Trinajstić information content (AvgIpc) is 2.62. The van der Waals surface area contributed by atoms with Crippen LogP contribution in [0, 0.1) is 0 Å². The molecule has 0 spiro atoms. The maximum absolute atomic E-state index is 13.6. The van der Waals surface area contributed by atoms with E-state index in [0.717, 1.165) is 26.5 Å². The number of benzene rings is 3. The van der Waals surface area contributed by atoms with E-state index in [1.165, 1.54) is 0 Å². The van der Waals surface area contributed by atoms with E-state index in [1.54, 1.807) is 0 Å². The number of nitrogens with zero attached hydrogens (tertiary/aromatic N) is 1. The maximum Gasteiger partial charge on any atom is 0.345 e. The number of hydrogen-bond acceptors (Lipinski definition) is 2. The van der Waals surface area contributed by atoms with Crippen molar-refractivity contribution in [2.75, 3.05) is 16.7 Å². The Morgan fingerprint density at radius 2 is 1.84 bits per heavy atom. The molecule has 25 heavy (non-hydrogen) atoms. The van der Waals surface area contributed by atoms with Crippen LogP contribution < -0.4 is 9.19 Å². The van der Waals surface area contributed by atoms with Gasteiger partial charge >= 0.3 is 7.52 Å². The number of fused-ring (bicyclic) bond motifs is 3. The lowest BCUT2D eigenvalue weighted by atomic mass is 10.0. The highest BCUT2D eigenvalue weighted by molar-refractivity contribution is 9.10. The minimum Gasteiger partial charge on any atom is -0.428 e. The molecule has 0 N–H and O–H groups in total. The largest absolute Gasteiger partial charge is 0.428 e. The minimum absolute atomic E-state index is 0.285. The molecule has 1 unspecified atom stereocenters. The zero-order chi connectivity index (χ0) is 17.4. The first kappa shape index (κ1) is 17.0. The van der Waals surface area contributed by atoms with E-state index in [4.69, 9.17) is 16.1 Å². The first-order chi connectivity index (χ1) is 12.1. The molecule has 0 radical (unpaired) electrons. The third-order valence-electron chi connectivity index (χ3n) is 4.41. The van der Waals surface area contributed by atoms with Gasteiger partial charge in [-0.05, 0) is 41.1 Å². The Bertz CT molecular complexity index is 977. The van der Waals surface area contributed by atoms with Crippen molar-refractivity contribution < 1.29 is 9.09 Å². The first-order valence-corrected chi connectivity index (χ1v) is 11.1. The Labute approximate surface area is 160 Å². The monoisotopic (exact) mass is 435 g/mol. The molecule has 1 heterocycles. The van der Waals surface area contributed by atoms with Gasteiger partial charge in [-0.15, -0.1) is 11.6 Å². The van der Waals surface area contributed by atoms with Crippen molar-refractivity contribution in [3.63, 3.8) is 0 Å². The van der Waals surface area contributed by atoms with E-state index >= 15 is 0 Å². The summed E-state index contributed by atoms with van der Waals surface area (Å²) in [6, 6.07) is 19.9. The molecule has 1 atom stereocenters. The number of hydrogen-bond donors (Lipinski definition) is 0. The molecule has 3 aromatic carbocycles. The van der Waals surface area contributed by atoms with Crippen molar-refractivity contribution in [2.45, 2.75) is 6.54 Å². The highest BCUT2D eigenvalue weighted by atomic mass is 79.9. The van der Waals surface area contributed by atoms with Crippen LogP contribution in [0.4, 0.5) is 5.69 Å². The smallest absolute Gasteiger partial charge is 0.345 e. The molecule has 0 aliphatic carbocycles. The predicted octanol–water partition coefficient (Wildman–Crippen LogP) is 6.43. The molecule has 0 saturated carbocycles. The van der Waals surface area contributed by atoms with Crippen molar-refractivity contribution in [2.24, 2.45) is 0 Å². The molecule has 3 aromatic rings. The van der Waals surface area contributed by atoms with Gasteiger partial charge in [0.05, 0.1) is 12.7 Å². The quantitative estimate of drug-likeness (QED) is 0.350. The number of alkyl halides is 1. The Hall–Kier alpha value is -1.48. The van der Waals surface area contributed by atoms with Gasteiger partial charge in [-0.2, -0.15) is 0 Å². The Balaban J connectivity index is 1.87. The summed E-state index contributed by atoms with van der Waals surface area (Å²) in [6.07, 6.45) is 0.302. The molecule has 0 fully saturated rings. The second-order valence-electron chi connectivity index (χ2n) is 5.94. The molecule has 0 saturated heterocycles. The van der Waals surface area contributed by atoms with E-state index in [2.05, 4.69) is 28.1 Å². The van der Waals surface area contributed by atoms with Crippen LogP contribution in [0.3, 0.4) is 0 Å². The summed E-state index contributed by atoms with van der Waals surface area (Å²) in [5.74, 6) is 0.980. The van der Waals surface area contributed by atoms with E-state index < -0.39 is 7.52 Å². The Morgan fingerprint density at radius 3 is 2.60 bits per heavy atom. The van der Waals surface area contributed by atoms with Crippen LogP contribution in [-0.2, 0) is 11.1 Å². The summed E-state index contributed by atoms with van der Waals surface area (Å²) in [4.78, 5) is 0. The molecule has 128 valence electrons. The van der Waals surface area contributed by atoms with E-state index in [-0.39, 0.29) is 5.88 Å². The van der Waals surface area contributed by atoms with Crippen molar-refractivity contribution in [3.8, 4) is 5.75 Å². The summed E-state index contributed by atoms with van der Waals surface area (Å²) >= 11 is 9.39. The van der Waals surface area contributed by atoms with E-state index in [1.807, 2.05) is 53.2 Å². The van der Waals surface area contributed by atoms with Gasteiger partial charge < -0.3 is 4.52 Å². The molecule has 0 bridgehead atoms. The standard InChI is InChI=1S/C19H16BrClNO2P/c20-15-6-8-16(9-7-15)22-13-18-17-4-2-1-3-14(17)5-10-19(18)24-25(22,23)12-11-21/h1-10H,11-13H2. The lowest BCUT2D eigenvalue weighted by Gasteiger charge is -2.38. The minimum atomic E-state index is -3.08. The zero-order valence-electron chi connectivity index (χ0n) is 13.4. The van der Waals surface area contributed by atoms with Crippen LogP contribution in [0.2, 0.25) is 0 Å². The summed E-state index contributed by atoms with van der Waals surface area (Å²) in [5, 5.41) is 2.27. The van der Waals surface area contributed by atoms with Crippen LogP contribution in [-0.4, -0.2) is 12.0 Å². The molecule has 4 rings (SSSR count). The predicted molar refractivity (Wildman–Crippen MR) is 108 cm³/mol. The van der Waals surface area contributed by atoms with Crippen molar-refractivity contribution in [3.05, 3.63) is 70.7 Å². The van der Waals surface area contributed by atoms with Gasteiger partial charge in [-0.1, -0.05) is 46.3 Å². The Kier molecular flexibility index (Phi) is 4.53. The molecule has 0 aromatic heterocycles. The van der Waals surface area contributed by atoms with Gasteiger partial charge in [-0.25, -0.2) is 0 Å². The fraction of sp³-hybridized carbons (Fsp3) is 0.158. The van der Waals surface area contributed by atoms with E-state index in [0.29, 0.717) is 18.5 Å². The normalized spacial score (nSPS) is 19.5. The fourth-order valence-corrected chi connectivity index (χ4v) is 6.05.